The van der Waals surface area contributed by atoms with Gasteiger partial charge in [0.05, 0.1) is 12.3 Å². The molecule has 0 saturated carbocycles. The molecule has 4 rings (SSSR count). The normalized spacial score (nSPS) is 29.5. The number of aromatic nitrogens is 3. The van der Waals surface area contributed by atoms with E-state index < -0.39 is 14.1 Å². The molecule has 0 unspecified atom stereocenters. The monoisotopic (exact) mass is 420 g/mol. The van der Waals surface area contributed by atoms with Crippen LogP contribution < -0.4 is 5.73 Å². The van der Waals surface area contributed by atoms with Gasteiger partial charge in [-0.2, -0.15) is 5.10 Å². The van der Waals surface area contributed by atoms with Crippen LogP contribution >= 0.6 is 0 Å². The fourth-order valence-corrected chi connectivity index (χ4v) is 4.76. The fourth-order valence-electron chi connectivity index (χ4n) is 3.75. The number of anilines is 1. The molecular formula is C20H32N4O4Si. The van der Waals surface area contributed by atoms with Crippen LogP contribution in [-0.2, 0) is 18.6 Å². The van der Waals surface area contributed by atoms with Gasteiger partial charge in [0.25, 0.3) is 0 Å². The molecule has 2 aromatic heterocycles. The van der Waals surface area contributed by atoms with Crippen molar-refractivity contribution in [3.05, 3.63) is 24.2 Å². The van der Waals surface area contributed by atoms with Gasteiger partial charge in [-0.25, -0.2) is 9.50 Å². The minimum absolute atomic E-state index is 0.128. The van der Waals surface area contributed by atoms with Crippen molar-refractivity contribution in [1.82, 2.24) is 14.6 Å². The molecule has 29 heavy (non-hydrogen) atoms. The minimum Gasteiger partial charge on any atom is -0.414 e. The Labute approximate surface area is 172 Å². The second-order valence-corrected chi connectivity index (χ2v) is 14.7. The summed E-state index contributed by atoms with van der Waals surface area (Å²) < 4.78 is 27.1. The van der Waals surface area contributed by atoms with Crippen molar-refractivity contribution in [3.8, 4) is 0 Å². The predicted molar refractivity (Wildman–Crippen MR) is 112 cm³/mol. The van der Waals surface area contributed by atoms with E-state index in [0.717, 1.165) is 11.2 Å². The van der Waals surface area contributed by atoms with Crippen LogP contribution in [0.4, 0.5) is 5.82 Å². The van der Waals surface area contributed by atoms with Crippen molar-refractivity contribution >= 4 is 19.7 Å². The van der Waals surface area contributed by atoms with Crippen LogP contribution in [0.3, 0.4) is 0 Å². The molecule has 2 saturated heterocycles. The zero-order valence-electron chi connectivity index (χ0n) is 18.3. The molecule has 8 nitrogen and oxygen atoms in total. The lowest BCUT2D eigenvalue weighted by Crippen LogP contribution is -2.44. The number of nitrogens with two attached hydrogens (primary N) is 1. The Morgan fingerprint density at radius 2 is 1.90 bits per heavy atom. The second-order valence-electron chi connectivity index (χ2n) is 9.93. The molecule has 2 aromatic rings. The number of fused-ring (bicyclic) bond motifs is 2. The van der Waals surface area contributed by atoms with Crippen LogP contribution in [-0.4, -0.2) is 53.6 Å². The summed E-state index contributed by atoms with van der Waals surface area (Å²) in [7, 11) is -1.91. The quantitative estimate of drug-likeness (QED) is 0.759. The first-order chi connectivity index (χ1) is 13.4. The lowest BCUT2D eigenvalue weighted by Gasteiger charge is -2.37. The molecular weight excluding hydrogens is 388 g/mol. The van der Waals surface area contributed by atoms with Crippen LogP contribution in [0, 0.1) is 0 Å². The maximum atomic E-state index is 6.45. The van der Waals surface area contributed by atoms with Gasteiger partial charge in [-0.3, -0.25) is 0 Å². The predicted octanol–water partition coefficient (Wildman–Crippen LogP) is 3.29. The number of hydrogen-bond acceptors (Lipinski definition) is 7. The average Bonchev–Trinajstić information content (AvgIpc) is 3.24. The molecule has 0 aromatic carbocycles. The van der Waals surface area contributed by atoms with E-state index in [0.29, 0.717) is 12.4 Å². The molecule has 4 atom stereocenters. The van der Waals surface area contributed by atoms with E-state index in [2.05, 4.69) is 43.9 Å². The third kappa shape index (κ3) is 3.59. The zero-order valence-corrected chi connectivity index (χ0v) is 19.3. The number of hydrogen-bond donors (Lipinski definition) is 1. The van der Waals surface area contributed by atoms with Gasteiger partial charge in [-0.05, 0) is 44.1 Å². The van der Waals surface area contributed by atoms with E-state index in [4.69, 9.17) is 24.4 Å². The molecule has 2 aliphatic heterocycles. The number of rotatable bonds is 4. The molecule has 0 spiro atoms. The Bertz CT molecular complexity index is 908. The average molecular weight is 421 g/mol. The van der Waals surface area contributed by atoms with Gasteiger partial charge in [-0.15, -0.1) is 0 Å². The number of ether oxygens (including phenoxy) is 3. The summed E-state index contributed by atoms with van der Waals surface area (Å²) in [4.78, 5) is 4.06. The SMILES string of the molecule is CC1(C)O[C@@H]2[C@H](O1)[C@@H](CO[Si](C)(C)C(C)(C)C)O[C@H]2c1ccc2c(N)ncnn12. The lowest BCUT2D eigenvalue weighted by molar-refractivity contribution is -0.191. The molecule has 160 valence electrons. The van der Waals surface area contributed by atoms with Crippen LogP contribution in [0.5, 0.6) is 0 Å². The van der Waals surface area contributed by atoms with Crippen LogP contribution in [0.25, 0.3) is 5.52 Å². The molecule has 4 heterocycles. The first-order valence-corrected chi connectivity index (χ1v) is 13.0. The Kier molecular flexibility index (Phi) is 4.82. The van der Waals surface area contributed by atoms with E-state index in [-0.39, 0.29) is 29.5 Å². The van der Waals surface area contributed by atoms with Crippen LogP contribution in [0.1, 0.15) is 46.4 Å². The van der Waals surface area contributed by atoms with Gasteiger partial charge in [0, 0.05) is 0 Å². The fraction of sp³-hybridized carbons (Fsp3) is 0.700. The first-order valence-electron chi connectivity index (χ1n) is 10.1. The smallest absolute Gasteiger partial charge is 0.192 e. The highest BCUT2D eigenvalue weighted by molar-refractivity contribution is 6.74. The number of nitrogen functional groups attached to an aromatic ring is 1. The van der Waals surface area contributed by atoms with E-state index in [1.165, 1.54) is 6.33 Å². The standard InChI is InChI=1S/C20H32N4O4Si/c1-19(2,3)29(6,7)25-10-14-16-17(28-20(4,5)27-16)15(26-14)12-8-9-13-18(21)22-11-23-24(12)13/h8-9,11,14-17H,10H2,1-7H3,(H2,21,22,23)/t14-,15+,16-,17+/m1/s1. The Morgan fingerprint density at radius 3 is 2.59 bits per heavy atom. The molecule has 0 amide bonds. The van der Waals surface area contributed by atoms with E-state index in [1.54, 1.807) is 4.52 Å². The summed E-state index contributed by atoms with van der Waals surface area (Å²) in [6.07, 6.45) is 0.459. The van der Waals surface area contributed by atoms with Gasteiger partial charge in [0.15, 0.2) is 19.9 Å². The van der Waals surface area contributed by atoms with Crippen molar-refractivity contribution in [1.29, 1.82) is 0 Å². The largest absolute Gasteiger partial charge is 0.414 e. The summed E-state index contributed by atoms with van der Waals surface area (Å²) in [5.41, 5.74) is 7.62. The third-order valence-corrected chi connectivity index (χ3v) is 10.9. The van der Waals surface area contributed by atoms with Crippen molar-refractivity contribution in [2.45, 2.75) is 83.0 Å². The van der Waals surface area contributed by atoms with Gasteiger partial charge >= 0.3 is 0 Å². The van der Waals surface area contributed by atoms with Gasteiger partial charge < -0.3 is 24.4 Å². The molecule has 0 radical (unpaired) electrons. The van der Waals surface area contributed by atoms with Gasteiger partial charge in [-0.1, -0.05) is 20.8 Å². The van der Waals surface area contributed by atoms with E-state index in [9.17, 15) is 0 Å². The molecule has 2 N–H and O–H groups in total. The molecule has 0 bridgehead atoms. The van der Waals surface area contributed by atoms with Crippen molar-refractivity contribution in [3.63, 3.8) is 0 Å². The third-order valence-electron chi connectivity index (χ3n) is 6.37. The maximum absolute atomic E-state index is 6.45. The molecule has 2 aliphatic rings. The van der Waals surface area contributed by atoms with E-state index in [1.807, 2.05) is 26.0 Å². The highest BCUT2D eigenvalue weighted by atomic mass is 28.4. The zero-order chi connectivity index (χ0) is 21.2. The molecule has 2 fully saturated rings. The summed E-state index contributed by atoms with van der Waals surface area (Å²) in [5, 5.41) is 4.49. The Hall–Kier alpha value is -1.52. The molecule has 0 aliphatic carbocycles. The first kappa shape index (κ1) is 20.7. The van der Waals surface area contributed by atoms with Crippen molar-refractivity contribution in [2.75, 3.05) is 12.3 Å². The highest BCUT2D eigenvalue weighted by Crippen LogP contribution is 2.46. The summed E-state index contributed by atoms with van der Waals surface area (Å²) in [6, 6.07) is 3.87. The summed E-state index contributed by atoms with van der Waals surface area (Å²) in [5.74, 6) is -0.240. The topological polar surface area (TPSA) is 93.1 Å². The van der Waals surface area contributed by atoms with Crippen LogP contribution in [0.15, 0.2) is 18.5 Å². The lowest BCUT2D eigenvalue weighted by atomic mass is 10.1. The number of nitrogens with zero attached hydrogens (tertiary/aromatic N) is 3. The highest BCUT2D eigenvalue weighted by Gasteiger charge is 2.56. The maximum Gasteiger partial charge on any atom is 0.192 e. The Balaban J connectivity index is 1.62. The van der Waals surface area contributed by atoms with E-state index >= 15 is 0 Å². The summed E-state index contributed by atoms with van der Waals surface area (Å²) >= 11 is 0. The molecule has 9 heteroatoms. The van der Waals surface area contributed by atoms with Crippen LogP contribution in [0.2, 0.25) is 18.1 Å². The van der Waals surface area contributed by atoms with Crippen molar-refractivity contribution in [2.24, 2.45) is 0 Å². The second kappa shape index (κ2) is 6.74. The summed E-state index contributed by atoms with van der Waals surface area (Å²) in [6.45, 7) is 15.5. The van der Waals surface area contributed by atoms with Crippen molar-refractivity contribution < 1.29 is 18.6 Å². The van der Waals surface area contributed by atoms with Gasteiger partial charge in [0.1, 0.15) is 36.3 Å². The Morgan fingerprint density at radius 1 is 1.21 bits per heavy atom. The van der Waals surface area contributed by atoms with Gasteiger partial charge in [0.2, 0.25) is 0 Å². The minimum atomic E-state index is -1.91.